The number of sulfone groups is 1. The quantitative estimate of drug-likeness (QED) is 0.581. The molecule has 0 aromatic heterocycles. The van der Waals surface area contributed by atoms with Gasteiger partial charge in [0.05, 0.1) is 17.9 Å². The van der Waals surface area contributed by atoms with Crippen LogP contribution in [0.4, 0.5) is 17.6 Å². The highest BCUT2D eigenvalue weighted by atomic mass is 32.2. The maximum Gasteiger partial charge on any atom is 0.377 e. The van der Waals surface area contributed by atoms with Crippen molar-refractivity contribution in [3.8, 4) is 0 Å². The Morgan fingerprint density at radius 3 is 2.09 bits per heavy atom. The normalized spacial score (nSPS) is 11.9. The molecule has 0 unspecified atom stereocenters. The Kier molecular flexibility index (Phi) is 5.92. The molecule has 0 spiro atoms. The van der Waals surface area contributed by atoms with E-state index in [4.69, 9.17) is 0 Å². The van der Waals surface area contributed by atoms with Crippen molar-refractivity contribution in [2.24, 2.45) is 0 Å². The monoisotopic (exact) mass is 354 g/mol. The maximum absolute atomic E-state index is 13.6. The standard InChI is InChI=1S/C14H14F4O4S/c1-3-22-13(19)14(17,18)8-11(12(15)16)9-4-6-10(7-5-9)23(2,20)21/h4-7H,3,8H2,1-2H3. The van der Waals surface area contributed by atoms with E-state index in [9.17, 15) is 30.8 Å². The molecule has 0 heterocycles. The Bertz CT molecular complexity index is 705. The highest BCUT2D eigenvalue weighted by Gasteiger charge is 2.42. The highest BCUT2D eigenvalue weighted by Crippen LogP contribution is 2.34. The van der Waals surface area contributed by atoms with Gasteiger partial charge in [0.25, 0.3) is 6.08 Å². The van der Waals surface area contributed by atoms with Gasteiger partial charge in [0.15, 0.2) is 9.84 Å². The maximum atomic E-state index is 13.6. The Morgan fingerprint density at radius 2 is 1.70 bits per heavy atom. The van der Waals surface area contributed by atoms with Crippen LogP contribution in [0.5, 0.6) is 0 Å². The number of benzene rings is 1. The second-order valence-electron chi connectivity index (χ2n) is 4.64. The number of halogens is 4. The van der Waals surface area contributed by atoms with Crippen molar-refractivity contribution >= 4 is 21.4 Å². The van der Waals surface area contributed by atoms with Crippen LogP contribution in [0.25, 0.3) is 5.57 Å². The summed E-state index contributed by atoms with van der Waals surface area (Å²) in [5.74, 6) is -6.02. The third-order valence-corrected chi connectivity index (χ3v) is 3.96. The van der Waals surface area contributed by atoms with Crippen LogP contribution in [0, 0.1) is 0 Å². The predicted octanol–water partition coefficient (Wildman–Crippen LogP) is 3.29. The van der Waals surface area contributed by atoms with Gasteiger partial charge in [-0.15, -0.1) is 0 Å². The van der Waals surface area contributed by atoms with E-state index < -0.39 is 39.8 Å². The molecular weight excluding hydrogens is 340 g/mol. The van der Waals surface area contributed by atoms with Gasteiger partial charge in [-0.25, -0.2) is 13.2 Å². The first-order chi connectivity index (χ1) is 10.5. The van der Waals surface area contributed by atoms with Gasteiger partial charge in [-0.3, -0.25) is 0 Å². The van der Waals surface area contributed by atoms with Crippen LogP contribution in [0.1, 0.15) is 18.9 Å². The van der Waals surface area contributed by atoms with Gasteiger partial charge < -0.3 is 4.74 Å². The molecule has 128 valence electrons. The fourth-order valence-corrected chi connectivity index (χ4v) is 2.34. The molecule has 4 nitrogen and oxygen atoms in total. The van der Waals surface area contributed by atoms with E-state index in [-0.39, 0.29) is 17.1 Å². The number of carbonyl (C=O) groups excluding carboxylic acids is 1. The molecule has 0 aliphatic carbocycles. The molecule has 9 heteroatoms. The van der Waals surface area contributed by atoms with Crippen LogP contribution in [-0.4, -0.2) is 33.2 Å². The van der Waals surface area contributed by atoms with Crippen molar-refractivity contribution in [2.45, 2.75) is 24.2 Å². The topological polar surface area (TPSA) is 60.4 Å². The number of rotatable bonds is 6. The van der Waals surface area contributed by atoms with Crippen LogP contribution in [-0.2, 0) is 19.4 Å². The van der Waals surface area contributed by atoms with Crippen LogP contribution in [0.15, 0.2) is 35.2 Å². The van der Waals surface area contributed by atoms with E-state index in [0.29, 0.717) is 0 Å². The van der Waals surface area contributed by atoms with E-state index in [0.717, 1.165) is 30.5 Å². The SMILES string of the molecule is CCOC(=O)C(F)(F)CC(=C(F)F)c1ccc(S(C)(=O)=O)cc1. The van der Waals surface area contributed by atoms with Crippen LogP contribution in [0.2, 0.25) is 0 Å². The number of alkyl halides is 2. The lowest BCUT2D eigenvalue weighted by atomic mass is 10.0. The van der Waals surface area contributed by atoms with Gasteiger partial charge in [0.1, 0.15) is 0 Å². The lowest BCUT2D eigenvalue weighted by Crippen LogP contribution is -2.31. The van der Waals surface area contributed by atoms with Crippen molar-refractivity contribution in [2.75, 3.05) is 12.9 Å². The van der Waals surface area contributed by atoms with Crippen LogP contribution >= 0.6 is 0 Å². The van der Waals surface area contributed by atoms with Crippen molar-refractivity contribution in [3.63, 3.8) is 0 Å². The first-order valence-electron chi connectivity index (χ1n) is 6.38. The van der Waals surface area contributed by atoms with Crippen LogP contribution < -0.4 is 0 Å². The minimum absolute atomic E-state index is 0.142. The van der Waals surface area contributed by atoms with Crippen molar-refractivity contribution in [3.05, 3.63) is 35.9 Å². The van der Waals surface area contributed by atoms with Gasteiger partial charge in [-0.05, 0) is 24.6 Å². The predicted molar refractivity (Wildman–Crippen MR) is 74.9 cm³/mol. The molecular formula is C14H14F4O4S. The zero-order chi connectivity index (χ0) is 17.8. The number of ether oxygens (including phenoxy) is 1. The van der Waals surface area contributed by atoms with Crippen molar-refractivity contribution in [1.82, 2.24) is 0 Å². The minimum atomic E-state index is -4.12. The zero-order valence-electron chi connectivity index (χ0n) is 12.3. The first-order valence-corrected chi connectivity index (χ1v) is 8.28. The summed E-state index contributed by atoms with van der Waals surface area (Å²) in [5, 5.41) is 0. The zero-order valence-corrected chi connectivity index (χ0v) is 13.1. The average molecular weight is 354 g/mol. The molecule has 0 atom stereocenters. The largest absolute Gasteiger partial charge is 0.462 e. The molecule has 0 amide bonds. The molecule has 0 saturated heterocycles. The van der Waals surface area contributed by atoms with Gasteiger partial charge >= 0.3 is 11.9 Å². The third-order valence-electron chi connectivity index (χ3n) is 2.83. The minimum Gasteiger partial charge on any atom is -0.462 e. The molecule has 0 saturated carbocycles. The Labute approximate surface area is 130 Å². The fraction of sp³-hybridized carbons (Fsp3) is 0.357. The van der Waals surface area contributed by atoms with E-state index >= 15 is 0 Å². The fourth-order valence-electron chi connectivity index (χ4n) is 1.71. The number of hydrogen-bond donors (Lipinski definition) is 0. The number of carbonyl (C=O) groups is 1. The summed E-state index contributed by atoms with van der Waals surface area (Å²) < 4.78 is 80.0. The summed E-state index contributed by atoms with van der Waals surface area (Å²) in [6.45, 7) is 0.999. The molecule has 0 fully saturated rings. The summed E-state index contributed by atoms with van der Waals surface area (Å²) in [7, 11) is -3.55. The highest BCUT2D eigenvalue weighted by molar-refractivity contribution is 7.90. The lowest BCUT2D eigenvalue weighted by Gasteiger charge is -2.16. The Hall–Kier alpha value is -1.90. The summed E-state index contributed by atoms with van der Waals surface area (Å²) in [6.07, 6.45) is -3.02. The van der Waals surface area contributed by atoms with Gasteiger partial charge in [0.2, 0.25) is 0 Å². The van der Waals surface area contributed by atoms with Crippen molar-refractivity contribution < 1.29 is 35.5 Å². The van der Waals surface area contributed by atoms with Gasteiger partial charge in [-0.2, -0.15) is 17.6 Å². The molecule has 0 aliphatic heterocycles. The Morgan fingerprint density at radius 1 is 1.17 bits per heavy atom. The second kappa shape index (κ2) is 7.12. The molecule has 1 rings (SSSR count). The smallest absolute Gasteiger partial charge is 0.377 e. The van der Waals surface area contributed by atoms with Crippen LogP contribution in [0.3, 0.4) is 0 Å². The molecule has 0 bridgehead atoms. The number of allylic oxidation sites excluding steroid dienone is 1. The summed E-state index contributed by atoms with van der Waals surface area (Å²) in [5.41, 5.74) is -1.36. The third kappa shape index (κ3) is 5.05. The average Bonchev–Trinajstić information content (AvgIpc) is 2.44. The first kappa shape index (κ1) is 19.1. The van der Waals surface area contributed by atoms with E-state index in [2.05, 4.69) is 4.74 Å². The van der Waals surface area contributed by atoms with Gasteiger partial charge in [0, 0.05) is 11.8 Å². The summed E-state index contributed by atoms with van der Waals surface area (Å²) >= 11 is 0. The number of esters is 1. The van der Waals surface area contributed by atoms with E-state index in [1.165, 1.54) is 6.92 Å². The summed E-state index contributed by atoms with van der Waals surface area (Å²) in [6, 6.07) is 4.00. The molecule has 1 aromatic rings. The number of hydrogen-bond acceptors (Lipinski definition) is 4. The molecule has 1 aromatic carbocycles. The van der Waals surface area contributed by atoms with E-state index in [1.54, 1.807) is 0 Å². The molecule has 23 heavy (non-hydrogen) atoms. The van der Waals surface area contributed by atoms with Crippen molar-refractivity contribution in [1.29, 1.82) is 0 Å². The summed E-state index contributed by atoms with van der Waals surface area (Å²) in [4.78, 5) is 11.0. The lowest BCUT2D eigenvalue weighted by molar-refractivity contribution is -0.170. The molecule has 0 radical (unpaired) electrons. The Balaban J connectivity index is 3.15. The van der Waals surface area contributed by atoms with E-state index in [1.807, 2.05) is 0 Å². The second-order valence-corrected chi connectivity index (χ2v) is 6.65. The molecule has 0 N–H and O–H groups in total. The van der Waals surface area contributed by atoms with Gasteiger partial charge in [-0.1, -0.05) is 12.1 Å². The molecule has 0 aliphatic rings.